The van der Waals surface area contributed by atoms with E-state index in [0.29, 0.717) is 13.2 Å². The van der Waals surface area contributed by atoms with Crippen molar-refractivity contribution in [3.63, 3.8) is 0 Å². The van der Waals surface area contributed by atoms with Crippen LogP contribution in [0.3, 0.4) is 0 Å². The predicted molar refractivity (Wildman–Crippen MR) is 66.2 cm³/mol. The molecule has 102 valence electrons. The average Bonchev–Trinajstić information content (AvgIpc) is 2.24. The molecule has 0 heterocycles. The van der Waals surface area contributed by atoms with Gasteiger partial charge >= 0.3 is 0 Å². The van der Waals surface area contributed by atoms with Crippen molar-refractivity contribution in [2.45, 2.75) is 19.8 Å². The Kier molecular flexibility index (Phi) is 8.11. The summed E-state index contributed by atoms with van der Waals surface area (Å²) in [5.41, 5.74) is 0. The van der Waals surface area contributed by atoms with Gasteiger partial charge in [0.1, 0.15) is 0 Å². The van der Waals surface area contributed by atoms with E-state index in [1.54, 1.807) is 0 Å². The number of carbonyl (C=O) groups excluding carboxylic acids is 1. The SMILES string of the molecule is CCCNC(=O)CCN(CCOC)S(C)(=O)=O. The third kappa shape index (κ3) is 8.12. The van der Waals surface area contributed by atoms with Crippen molar-refractivity contribution in [1.82, 2.24) is 9.62 Å². The molecule has 0 aromatic heterocycles. The summed E-state index contributed by atoms with van der Waals surface area (Å²) in [6, 6.07) is 0. The van der Waals surface area contributed by atoms with Crippen molar-refractivity contribution >= 4 is 15.9 Å². The lowest BCUT2D eigenvalue weighted by molar-refractivity contribution is -0.121. The molecule has 0 aromatic carbocycles. The summed E-state index contributed by atoms with van der Waals surface area (Å²) in [5, 5.41) is 2.70. The molecule has 0 aliphatic rings. The topological polar surface area (TPSA) is 75.7 Å². The number of hydrogen-bond acceptors (Lipinski definition) is 4. The lowest BCUT2D eigenvalue weighted by Crippen LogP contribution is -2.36. The molecule has 0 aliphatic carbocycles. The molecule has 0 aromatic rings. The van der Waals surface area contributed by atoms with Crippen LogP contribution in [0.1, 0.15) is 19.8 Å². The summed E-state index contributed by atoms with van der Waals surface area (Å²) in [4.78, 5) is 11.3. The van der Waals surface area contributed by atoms with Crippen molar-refractivity contribution in [3.8, 4) is 0 Å². The summed E-state index contributed by atoms with van der Waals surface area (Å²) >= 11 is 0. The third-order valence-electron chi connectivity index (χ3n) is 2.17. The minimum Gasteiger partial charge on any atom is -0.383 e. The Morgan fingerprint density at radius 1 is 1.35 bits per heavy atom. The molecule has 0 radical (unpaired) electrons. The van der Waals surface area contributed by atoms with Crippen LogP contribution < -0.4 is 5.32 Å². The van der Waals surface area contributed by atoms with Gasteiger partial charge in [-0.1, -0.05) is 6.92 Å². The van der Waals surface area contributed by atoms with Gasteiger partial charge in [0.05, 0.1) is 12.9 Å². The zero-order valence-corrected chi connectivity index (χ0v) is 11.5. The lowest BCUT2D eigenvalue weighted by atomic mass is 10.3. The van der Waals surface area contributed by atoms with E-state index in [-0.39, 0.29) is 25.4 Å². The van der Waals surface area contributed by atoms with Gasteiger partial charge in [0.2, 0.25) is 15.9 Å². The van der Waals surface area contributed by atoms with Gasteiger partial charge in [0, 0.05) is 33.2 Å². The first kappa shape index (κ1) is 16.3. The van der Waals surface area contributed by atoms with Gasteiger partial charge in [-0.05, 0) is 6.42 Å². The molecule has 0 saturated carbocycles. The number of ether oxygens (including phenoxy) is 1. The molecular weight excluding hydrogens is 244 g/mol. The molecule has 0 bridgehead atoms. The molecule has 0 aliphatic heterocycles. The summed E-state index contributed by atoms with van der Waals surface area (Å²) in [5.74, 6) is -0.127. The van der Waals surface area contributed by atoms with E-state index in [1.807, 2.05) is 6.92 Å². The van der Waals surface area contributed by atoms with Crippen LogP contribution in [0.4, 0.5) is 0 Å². The van der Waals surface area contributed by atoms with E-state index in [9.17, 15) is 13.2 Å². The van der Waals surface area contributed by atoms with E-state index in [2.05, 4.69) is 5.32 Å². The van der Waals surface area contributed by atoms with Crippen LogP contribution in [-0.2, 0) is 19.6 Å². The van der Waals surface area contributed by atoms with Gasteiger partial charge in [-0.25, -0.2) is 8.42 Å². The van der Waals surface area contributed by atoms with Crippen LogP contribution in [0.2, 0.25) is 0 Å². The standard InChI is InChI=1S/C10H22N2O4S/c1-4-6-11-10(13)5-7-12(8-9-16-2)17(3,14)15/h4-9H2,1-3H3,(H,11,13). The van der Waals surface area contributed by atoms with Gasteiger partial charge < -0.3 is 10.1 Å². The Hall–Kier alpha value is -0.660. The van der Waals surface area contributed by atoms with E-state index in [4.69, 9.17) is 4.74 Å². The number of rotatable bonds is 9. The Morgan fingerprint density at radius 2 is 2.00 bits per heavy atom. The Bertz CT molecular complexity index is 316. The number of hydrogen-bond donors (Lipinski definition) is 1. The van der Waals surface area contributed by atoms with Gasteiger partial charge in [-0.2, -0.15) is 4.31 Å². The zero-order chi connectivity index (χ0) is 13.3. The quantitative estimate of drug-likeness (QED) is 0.627. The fourth-order valence-electron chi connectivity index (χ4n) is 1.22. The summed E-state index contributed by atoms with van der Waals surface area (Å²) < 4.78 is 28.9. The average molecular weight is 266 g/mol. The highest BCUT2D eigenvalue weighted by molar-refractivity contribution is 7.88. The normalized spacial score (nSPS) is 11.8. The molecule has 0 rings (SSSR count). The van der Waals surface area contributed by atoms with Gasteiger partial charge in [0.25, 0.3) is 0 Å². The molecule has 0 unspecified atom stereocenters. The molecule has 1 N–H and O–H groups in total. The third-order valence-corrected chi connectivity index (χ3v) is 3.48. The van der Waals surface area contributed by atoms with E-state index in [0.717, 1.165) is 12.7 Å². The lowest BCUT2D eigenvalue weighted by Gasteiger charge is -2.19. The van der Waals surface area contributed by atoms with Crippen molar-refractivity contribution in [2.75, 3.05) is 39.6 Å². The van der Waals surface area contributed by atoms with Crippen LogP contribution in [0, 0.1) is 0 Å². The Labute approximate surface area is 103 Å². The van der Waals surface area contributed by atoms with Gasteiger partial charge in [-0.3, -0.25) is 4.79 Å². The summed E-state index contributed by atoms with van der Waals surface area (Å²) in [6.07, 6.45) is 2.18. The minimum atomic E-state index is -3.28. The van der Waals surface area contributed by atoms with Crippen LogP contribution in [0.5, 0.6) is 0 Å². The van der Waals surface area contributed by atoms with Crippen molar-refractivity contribution in [1.29, 1.82) is 0 Å². The van der Waals surface area contributed by atoms with E-state index in [1.165, 1.54) is 11.4 Å². The number of nitrogens with zero attached hydrogens (tertiary/aromatic N) is 1. The van der Waals surface area contributed by atoms with Crippen molar-refractivity contribution in [2.24, 2.45) is 0 Å². The number of amides is 1. The van der Waals surface area contributed by atoms with Crippen molar-refractivity contribution in [3.05, 3.63) is 0 Å². The molecule has 0 spiro atoms. The molecule has 6 nitrogen and oxygen atoms in total. The number of carbonyl (C=O) groups is 1. The molecule has 0 fully saturated rings. The second-order valence-corrected chi connectivity index (χ2v) is 5.74. The summed E-state index contributed by atoms with van der Waals surface area (Å²) in [7, 11) is -1.77. The second-order valence-electron chi connectivity index (χ2n) is 3.75. The van der Waals surface area contributed by atoms with Crippen LogP contribution in [-0.4, -0.2) is 58.2 Å². The molecule has 17 heavy (non-hydrogen) atoms. The molecule has 0 saturated heterocycles. The Balaban J connectivity index is 4.12. The highest BCUT2D eigenvalue weighted by atomic mass is 32.2. The number of nitrogens with one attached hydrogen (secondary N) is 1. The molecule has 7 heteroatoms. The fourth-order valence-corrected chi connectivity index (χ4v) is 2.04. The first-order chi connectivity index (χ1) is 7.91. The first-order valence-electron chi connectivity index (χ1n) is 5.62. The monoisotopic (exact) mass is 266 g/mol. The number of sulfonamides is 1. The zero-order valence-electron chi connectivity index (χ0n) is 10.7. The molecule has 1 amide bonds. The van der Waals surface area contributed by atoms with Gasteiger partial charge in [-0.15, -0.1) is 0 Å². The maximum Gasteiger partial charge on any atom is 0.221 e. The first-order valence-corrected chi connectivity index (χ1v) is 7.47. The predicted octanol–water partition coefficient (Wildman–Crippen LogP) is -0.189. The van der Waals surface area contributed by atoms with Crippen LogP contribution >= 0.6 is 0 Å². The molecule has 0 atom stereocenters. The van der Waals surface area contributed by atoms with E-state index < -0.39 is 10.0 Å². The minimum absolute atomic E-state index is 0.127. The maximum absolute atomic E-state index is 11.4. The van der Waals surface area contributed by atoms with Gasteiger partial charge in [0.15, 0.2) is 0 Å². The Morgan fingerprint density at radius 3 is 2.47 bits per heavy atom. The largest absolute Gasteiger partial charge is 0.383 e. The highest BCUT2D eigenvalue weighted by Gasteiger charge is 2.17. The highest BCUT2D eigenvalue weighted by Crippen LogP contribution is 1.99. The second kappa shape index (κ2) is 8.43. The fraction of sp³-hybridized carbons (Fsp3) is 0.900. The number of methoxy groups -OCH3 is 1. The molecular formula is C10H22N2O4S. The van der Waals surface area contributed by atoms with Crippen LogP contribution in [0.15, 0.2) is 0 Å². The smallest absolute Gasteiger partial charge is 0.221 e. The van der Waals surface area contributed by atoms with Crippen LogP contribution in [0.25, 0.3) is 0 Å². The van der Waals surface area contributed by atoms with E-state index >= 15 is 0 Å². The maximum atomic E-state index is 11.4. The van der Waals surface area contributed by atoms with Crippen molar-refractivity contribution < 1.29 is 17.9 Å². The summed E-state index contributed by atoms with van der Waals surface area (Å²) in [6.45, 7) is 3.37.